The number of hydrogen-bond donors (Lipinski definition) is 2. The third-order valence-corrected chi connectivity index (χ3v) is 3.83. The predicted octanol–water partition coefficient (Wildman–Crippen LogP) is 1.20. The van der Waals surface area contributed by atoms with Crippen LogP contribution >= 0.6 is 11.8 Å². The van der Waals surface area contributed by atoms with E-state index in [0.29, 0.717) is 18.2 Å². The molecule has 0 bridgehead atoms. The molecule has 1 aliphatic heterocycles. The Bertz CT molecular complexity index is 609. The first-order valence-electron chi connectivity index (χ1n) is 5.79. The molecule has 1 atom stereocenters. The summed E-state index contributed by atoms with van der Waals surface area (Å²) in [5.41, 5.74) is 0.860. The summed E-state index contributed by atoms with van der Waals surface area (Å²) in [6.45, 7) is 0.470. The normalized spacial score (nSPS) is 18.7. The quantitative estimate of drug-likeness (QED) is 0.805. The molecule has 7 heteroatoms. The van der Waals surface area contributed by atoms with Gasteiger partial charge in [0.1, 0.15) is 5.75 Å². The van der Waals surface area contributed by atoms with Gasteiger partial charge in [-0.25, -0.2) is 4.99 Å². The van der Waals surface area contributed by atoms with E-state index in [1.54, 1.807) is 35.0 Å². The maximum absolute atomic E-state index is 9.64. The molecule has 2 N–H and O–H groups in total. The Kier molecular flexibility index (Phi) is 3.22. The van der Waals surface area contributed by atoms with Crippen LogP contribution in [-0.4, -0.2) is 43.0 Å². The van der Waals surface area contributed by atoms with E-state index in [0.717, 1.165) is 10.7 Å². The average molecular weight is 276 g/mol. The molecular formula is C12H12N4O2S. The van der Waals surface area contributed by atoms with Crippen LogP contribution in [0.1, 0.15) is 5.56 Å². The molecule has 19 heavy (non-hydrogen) atoms. The van der Waals surface area contributed by atoms with E-state index in [2.05, 4.69) is 15.2 Å². The molecule has 1 unspecified atom stereocenters. The monoisotopic (exact) mass is 276 g/mol. The molecule has 0 saturated heterocycles. The molecule has 0 aliphatic carbocycles. The number of aromatic hydroxyl groups is 1. The third-order valence-electron chi connectivity index (χ3n) is 2.72. The Labute approximate surface area is 113 Å². The molecule has 1 aromatic heterocycles. The lowest BCUT2D eigenvalue weighted by Crippen LogP contribution is -2.23. The summed E-state index contributed by atoms with van der Waals surface area (Å²) in [6, 6.07) is 6.71. The van der Waals surface area contributed by atoms with E-state index in [4.69, 9.17) is 0 Å². The number of aliphatic hydroxyl groups is 1. The average Bonchev–Trinajstić information content (AvgIpc) is 2.80. The van der Waals surface area contributed by atoms with Crippen LogP contribution in [0, 0.1) is 0 Å². The van der Waals surface area contributed by atoms with Gasteiger partial charge in [-0.3, -0.25) is 4.57 Å². The van der Waals surface area contributed by atoms with Gasteiger partial charge in [-0.2, -0.15) is 0 Å². The van der Waals surface area contributed by atoms with Gasteiger partial charge in [0.25, 0.3) is 5.95 Å². The number of phenols is 1. The van der Waals surface area contributed by atoms with Crippen LogP contribution < -0.4 is 0 Å². The number of aromatic nitrogens is 3. The highest BCUT2D eigenvalue weighted by Gasteiger charge is 2.21. The summed E-state index contributed by atoms with van der Waals surface area (Å²) in [7, 11) is 0. The van der Waals surface area contributed by atoms with Gasteiger partial charge in [0.05, 0.1) is 12.6 Å². The van der Waals surface area contributed by atoms with Gasteiger partial charge in [0, 0.05) is 12.0 Å². The lowest BCUT2D eigenvalue weighted by atomic mass is 10.2. The minimum absolute atomic E-state index is 0.219. The van der Waals surface area contributed by atoms with E-state index in [-0.39, 0.29) is 5.75 Å². The number of phenolic OH excluding ortho intramolecular Hbond substituents is 1. The van der Waals surface area contributed by atoms with E-state index >= 15 is 0 Å². The molecule has 6 nitrogen and oxygen atoms in total. The van der Waals surface area contributed by atoms with Gasteiger partial charge >= 0.3 is 0 Å². The Morgan fingerprint density at radius 3 is 2.89 bits per heavy atom. The van der Waals surface area contributed by atoms with Crippen molar-refractivity contribution in [3.8, 4) is 5.75 Å². The second-order valence-corrected chi connectivity index (χ2v) is 5.19. The van der Waals surface area contributed by atoms with Crippen molar-refractivity contribution >= 4 is 23.9 Å². The highest BCUT2D eigenvalue weighted by molar-refractivity contribution is 7.99. The largest absolute Gasteiger partial charge is 0.508 e. The number of nitrogens with zero attached hydrogens (tertiary/aromatic N) is 4. The Balaban J connectivity index is 1.84. The van der Waals surface area contributed by atoms with Crippen LogP contribution in [0.25, 0.3) is 0 Å². The lowest BCUT2D eigenvalue weighted by molar-refractivity contribution is 0.171. The zero-order chi connectivity index (χ0) is 13.2. The van der Waals surface area contributed by atoms with Crippen LogP contribution in [0.15, 0.2) is 34.4 Å². The Morgan fingerprint density at radius 2 is 2.11 bits per heavy atom. The fraction of sp³-hybridized carbons (Fsp3) is 0.250. The maximum Gasteiger partial charge on any atom is 0.251 e. The molecule has 1 aliphatic rings. The molecule has 98 valence electrons. The molecule has 2 aromatic rings. The first-order valence-corrected chi connectivity index (χ1v) is 6.78. The van der Waals surface area contributed by atoms with Gasteiger partial charge in [-0.1, -0.05) is 11.8 Å². The smallest absolute Gasteiger partial charge is 0.251 e. The number of hydrogen-bond acceptors (Lipinski definition) is 6. The highest BCUT2D eigenvalue weighted by Crippen LogP contribution is 2.26. The van der Waals surface area contributed by atoms with Crippen LogP contribution in [0.4, 0.5) is 5.95 Å². The van der Waals surface area contributed by atoms with Crippen molar-refractivity contribution in [2.24, 2.45) is 4.99 Å². The topological polar surface area (TPSA) is 83.5 Å². The van der Waals surface area contributed by atoms with Crippen molar-refractivity contribution in [3.05, 3.63) is 29.8 Å². The number of benzene rings is 1. The summed E-state index contributed by atoms with van der Waals surface area (Å²) in [6.07, 6.45) is 1.26. The fourth-order valence-electron chi connectivity index (χ4n) is 1.77. The zero-order valence-corrected chi connectivity index (χ0v) is 10.8. The summed E-state index contributed by atoms with van der Waals surface area (Å²) >= 11 is 1.47. The number of thioether (sulfide) groups is 1. The van der Waals surface area contributed by atoms with Gasteiger partial charge in [0.2, 0.25) is 0 Å². The minimum atomic E-state index is -0.392. The van der Waals surface area contributed by atoms with Crippen LogP contribution in [0.2, 0.25) is 0 Å². The number of aliphatic imine (C=N–C) groups is 1. The summed E-state index contributed by atoms with van der Waals surface area (Å²) in [4.78, 5) is 4.27. The number of aliphatic hydroxyl groups excluding tert-OH is 1. The van der Waals surface area contributed by atoms with Gasteiger partial charge in [0.15, 0.2) is 5.16 Å². The molecular weight excluding hydrogens is 264 g/mol. The fourth-order valence-corrected chi connectivity index (χ4v) is 2.63. The molecule has 2 heterocycles. The van der Waals surface area contributed by atoms with Crippen LogP contribution in [0.3, 0.4) is 0 Å². The maximum atomic E-state index is 9.64. The van der Waals surface area contributed by atoms with Crippen molar-refractivity contribution in [2.75, 3.05) is 5.75 Å². The lowest BCUT2D eigenvalue weighted by Gasteiger charge is -2.17. The number of fused-ring (bicyclic) bond motifs is 1. The molecule has 3 rings (SSSR count). The van der Waals surface area contributed by atoms with Crippen LogP contribution in [-0.2, 0) is 6.54 Å². The predicted molar refractivity (Wildman–Crippen MR) is 72.1 cm³/mol. The summed E-state index contributed by atoms with van der Waals surface area (Å²) in [5, 5.41) is 27.6. The van der Waals surface area contributed by atoms with E-state index in [1.165, 1.54) is 11.8 Å². The zero-order valence-electron chi connectivity index (χ0n) is 9.97. The molecule has 0 fully saturated rings. The summed E-state index contributed by atoms with van der Waals surface area (Å²) < 4.78 is 1.80. The molecule has 0 saturated carbocycles. The molecule has 1 aromatic carbocycles. The third kappa shape index (κ3) is 2.61. The van der Waals surface area contributed by atoms with Crippen LogP contribution in [0.5, 0.6) is 5.75 Å². The van der Waals surface area contributed by atoms with E-state index in [1.807, 2.05) is 0 Å². The second kappa shape index (κ2) is 5.02. The highest BCUT2D eigenvalue weighted by atomic mass is 32.2. The van der Waals surface area contributed by atoms with Crippen molar-refractivity contribution in [1.29, 1.82) is 0 Å². The number of rotatable bonds is 2. The van der Waals surface area contributed by atoms with Gasteiger partial charge < -0.3 is 10.2 Å². The van der Waals surface area contributed by atoms with E-state index in [9.17, 15) is 10.2 Å². The molecule has 0 radical (unpaired) electrons. The minimum Gasteiger partial charge on any atom is -0.508 e. The van der Waals surface area contributed by atoms with Gasteiger partial charge in [-0.05, 0) is 29.8 Å². The Morgan fingerprint density at radius 1 is 1.32 bits per heavy atom. The Hall–Kier alpha value is -1.86. The first kappa shape index (κ1) is 12.2. The van der Waals surface area contributed by atoms with Crippen molar-refractivity contribution in [3.63, 3.8) is 0 Å². The molecule has 0 amide bonds. The van der Waals surface area contributed by atoms with E-state index < -0.39 is 6.10 Å². The molecule has 0 spiro atoms. The van der Waals surface area contributed by atoms with Crippen molar-refractivity contribution in [1.82, 2.24) is 14.8 Å². The SMILES string of the molecule is Oc1ccc(C=Nc2nnc3n2CC(O)CS3)cc1. The summed E-state index contributed by atoms with van der Waals surface area (Å²) in [5.74, 6) is 1.34. The van der Waals surface area contributed by atoms with Crippen molar-refractivity contribution < 1.29 is 10.2 Å². The van der Waals surface area contributed by atoms with Crippen molar-refractivity contribution in [2.45, 2.75) is 17.8 Å². The second-order valence-electron chi connectivity index (χ2n) is 4.21. The standard InChI is InChI=1S/C12H12N4O2S/c17-9-3-1-8(2-4-9)5-13-11-14-15-12-16(11)6-10(18)7-19-12/h1-5,10,17-18H,6-7H2. The first-order chi connectivity index (χ1) is 9.22. The van der Waals surface area contributed by atoms with Gasteiger partial charge in [-0.15, -0.1) is 10.2 Å².